The van der Waals surface area contributed by atoms with Crippen LogP contribution in [0.2, 0.25) is 0 Å². The van der Waals surface area contributed by atoms with E-state index >= 15 is 0 Å². The lowest BCUT2D eigenvalue weighted by Crippen LogP contribution is -2.16. The fourth-order valence-electron chi connectivity index (χ4n) is 1.60. The van der Waals surface area contributed by atoms with E-state index < -0.39 is 12.8 Å². The minimum absolute atomic E-state index is 0.0843. The summed E-state index contributed by atoms with van der Waals surface area (Å²) in [7, 11) is 1.83. The number of halogens is 3. The number of rotatable bonds is 7. The molecule has 19 heavy (non-hydrogen) atoms. The molecule has 0 aliphatic carbocycles. The molecular formula is C12H19F3N2OS. The van der Waals surface area contributed by atoms with Gasteiger partial charge in [0, 0.05) is 11.4 Å². The Kier molecular flexibility index (Phi) is 6.22. The van der Waals surface area contributed by atoms with Crippen LogP contribution in [0.5, 0.6) is 0 Å². The summed E-state index contributed by atoms with van der Waals surface area (Å²) in [6.45, 7) is 3.54. The number of hydrogen-bond acceptors (Lipinski definition) is 4. The van der Waals surface area contributed by atoms with E-state index in [1.54, 1.807) is 0 Å². The van der Waals surface area contributed by atoms with Crippen molar-refractivity contribution in [2.24, 2.45) is 5.92 Å². The largest absolute Gasteiger partial charge is 0.411 e. The predicted molar refractivity (Wildman–Crippen MR) is 69.1 cm³/mol. The Labute approximate surface area is 115 Å². The molecule has 0 radical (unpaired) electrons. The second kappa shape index (κ2) is 7.21. The summed E-state index contributed by atoms with van der Waals surface area (Å²) in [5, 5.41) is 3.64. The van der Waals surface area contributed by atoms with E-state index in [1.165, 1.54) is 11.3 Å². The van der Waals surface area contributed by atoms with Gasteiger partial charge in [-0.2, -0.15) is 13.2 Å². The first-order valence-corrected chi connectivity index (χ1v) is 6.90. The average Bonchev–Trinajstić information content (AvgIpc) is 2.58. The van der Waals surface area contributed by atoms with Gasteiger partial charge in [0.25, 0.3) is 0 Å². The topological polar surface area (TPSA) is 34.1 Å². The van der Waals surface area contributed by atoms with Crippen molar-refractivity contribution in [1.82, 2.24) is 10.3 Å². The van der Waals surface area contributed by atoms with E-state index in [-0.39, 0.29) is 6.61 Å². The number of thiazole rings is 1. The Balaban J connectivity index is 2.63. The van der Waals surface area contributed by atoms with Crippen LogP contribution in [-0.4, -0.2) is 24.8 Å². The Morgan fingerprint density at radius 1 is 1.37 bits per heavy atom. The molecule has 0 fully saturated rings. The predicted octanol–water partition coefficient (Wildman–Crippen LogP) is 3.14. The third-order valence-corrected chi connectivity index (χ3v) is 3.32. The van der Waals surface area contributed by atoms with Crippen LogP contribution in [0.15, 0.2) is 0 Å². The maximum absolute atomic E-state index is 12.0. The number of alkyl halides is 3. The van der Waals surface area contributed by atoms with Crippen molar-refractivity contribution in [3.63, 3.8) is 0 Å². The van der Waals surface area contributed by atoms with Crippen molar-refractivity contribution in [2.75, 3.05) is 13.7 Å². The molecular weight excluding hydrogens is 277 g/mol. The Morgan fingerprint density at radius 3 is 2.58 bits per heavy atom. The van der Waals surface area contributed by atoms with Gasteiger partial charge in [0.05, 0.1) is 12.3 Å². The zero-order chi connectivity index (χ0) is 14.5. The van der Waals surface area contributed by atoms with Gasteiger partial charge in [-0.25, -0.2) is 4.98 Å². The van der Waals surface area contributed by atoms with Gasteiger partial charge in [0.1, 0.15) is 11.6 Å². The maximum Gasteiger partial charge on any atom is 0.411 e. The van der Waals surface area contributed by atoms with E-state index in [4.69, 9.17) is 0 Å². The summed E-state index contributed by atoms with van der Waals surface area (Å²) in [5.74, 6) is 0.460. The minimum atomic E-state index is -4.29. The molecule has 1 aromatic heterocycles. The standard InChI is InChI=1S/C12H19F3N2OS/c1-8(2)4-9-10(5-16-3)19-11(17-9)6-18-7-12(13,14)15/h8,16H,4-7H2,1-3H3. The quantitative estimate of drug-likeness (QED) is 0.839. The zero-order valence-electron chi connectivity index (χ0n) is 11.3. The molecule has 7 heteroatoms. The van der Waals surface area contributed by atoms with E-state index in [2.05, 4.69) is 28.9 Å². The van der Waals surface area contributed by atoms with Crippen LogP contribution >= 0.6 is 11.3 Å². The van der Waals surface area contributed by atoms with Gasteiger partial charge >= 0.3 is 6.18 Å². The highest BCUT2D eigenvalue weighted by molar-refractivity contribution is 7.11. The second-order valence-electron chi connectivity index (χ2n) is 4.71. The molecule has 1 rings (SSSR count). The van der Waals surface area contributed by atoms with Crippen molar-refractivity contribution in [1.29, 1.82) is 0 Å². The lowest BCUT2D eigenvalue weighted by Gasteiger charge is -2.05. The molecule has 0 atom stereocenters. The second-order valence-corrected chi connectivity index (χ2v) is 5.88. The number of ether oxygens (including phenoxy) is 1. The van der Waals surface area contributed by atoms with Gasteiger partial charge in [-0.1, -0.05) is 13.8 Å². The summed E-state index contributed by atoms with van der Waals surface area (Å²) in [6, 6.07) is 0. The van der Waals surface area contributed by atoms with Crippen LogP contribution in [0, 0.1) is 5.92 Å². The molecule has 110 valence electrons. The number of aromatic nitrogens is 1. The van der Waals surface area contributed by atoms with Crippen LogP contribution in [0.4, 0.5) is 13.2 Å². The van der Waals surface area contributed by atoms with Crippen molar-refractivity contribution in [3.8, 4) is 0 Å². The summed E-state index contributed by atoms with van der Waals surface area (Å²) in [4.78, 5) is 5.45. The molecule has 0 saturated carbocycles. The van der Waals surface area contributed by atoms with Crippen molar-refractivity contribution < 1.29 is 17.9 Å². The van der Waals surface area contributed by atoms with Gasteiger partial charge in [-0.05, 0) is 19.4 Å². The maximum atomic E-state index is 12.0. The lowest BCUT2D eigenvalue weighted by molar-refractivity contribution is -0.176. The molecule has 1 aromatic rings. The van der Waals surface area contributed by atoms with Crippen molar-refractivity contribution in [3.05, 3.63) is 15.6 Å². The fraction of sp³-hybridized carbons (Fsp3) is 0.750. The van der Waals surface area contributed by atoms with Gasteiger partial charge < -0.3 is 10.1 Å². The third-order valence-electron chi connectivity index (χ3n) is 2.25. The SMILES string of the molecule is CNCc1sc(COCC(F)(F)F)nc1CC(C)C. The highest BCUT2D eigenvalue weighted by atomic mass is 32.1. The normalized spacial score (nSPS) is 12.4. The number of hydrogen-bond donors (Lipinski definition) is 1. The van der Waals surface area contributed by atoms with Gasteiger partial charge in [0.15, 0.2) is 0 Å². The zero-order valence-corrected chi connectivity index (χ0v) is 12.1. The molecule has 3 nitrogen and oxygen atoms in total. The molecule has 0 saturated heterocycles. The van der Waals surface area contributed by atoms with E-state index in [0.717, 1.165) is 17.0 Å². The first-order valence-electron chi connectivity index (χ1n) is 6.08. The van der Waals surface area contributed by atoms with Gasteiger partial charge in [-0.3, -0.25) is 0 Å². The summed E-state index contributed by atoms with van der Waals surface area (Å²) >= 11 is 1.41. The van der Waals surface area contributed by atoms with Gasteiger partial charge in [0.2, 0.25) is 0 Å². The van der Waals surface area contributed by atoms with Crippen molar-refractivity contribution in [2.45, 2.75) is 39.6 Å². The Bertz CT molecular complexity index is 391. The molecule has 0 unspecified atom stereocenters. The first kappa shape index (κ1) is 16.4. The monoisotopic (exact) mass is 296 g/mol. The summed E-state index contributed by atoms with van der Waals surface area (Å²) in [5.41, 5.74) is 0.958. The molecule has 1 N–H and O–H groups in total. The van der Waals surface area contributed by atoms with E-state index in [9.17, 15) is 13.2 Å². The van der Waals surface area contributed by atoms with Crippen molar-refractivity contribution >= 4 is 11.3 Å². The molecule has 0 amide bonds. The molecule has 1 heterocycles. The number of nitrogens with one attached hydrogen (secondary N) is 1. The molecule has 0 aromatic carbocycles. The molecule has 0 aliphatic heterocycles. The minimum Gasteiger partial charge on any atom is -0.365 e. The summed E-state index contributed by atoms with van der Waals surface area (Å²) < 4.78 is 40.6. The van der Waals surface area contributed by atoms with Crippen LogP contribution < -0.4 is 5.32 Å². The first-order chi connectivity index (χ1) is 8.81. The van der Waals surface area contributed by atoms with Crippen LogP contribution in [-0.2, 0) is 24.3 Å². The van der Waals surface area contributed by atoms with E-state index in [0.29, 0.717) is 17.5 Å². The Hall–Kier alpha value is -0.660. The Morgan fingerprint density at radius 2 is 2.05 bits per heavy atom. The van der Waals surface area contributed by atoms with Crippen LogP contribution in [0.3, 0.4) is 0 Å². The summed E-state index contributed by atoms with van der Waals surface area (Å²) in [6.07, 6.45) is -3.46. The molecule has 0 spiro atoms. The van der Waals surface area contributed by atoms with E-state index in [1.807, 2.05) is 7.05 Å². The highest BCUT2D eigenvalue weighted by Crippen LogP contribution is 2.23. The lowest BCUT2D eigenvalue weighted by atomic mass is 10.1. The highest BCUT2D eigenvalue weighted by Gasteiger charge is 2.27. The average molecular weight is 296 g/mol. The molecule has 0 aliphatic rings. The fourth-order valence-corrected chi connectivity index (χ4v) is 2.64. The van der Waals surface area contributed by atoms with Crippen LogP contribution in [0.1, 0.15) is 29.4 Å². The van der Waals surface area contributed by atoms with Gasteiger partial charge in [-0.15, -0.1) is 11.3 Å². The molecule has 0 bridgehead atoms. The smallest absolute Gasteiger partial charge is 0.365 e. The van der Waals surface area contributed by atoms with Crippen LogP contribution in [0.25, 0.3) is 0 Å². The third kappa shape index (κ3) is 6.35. The number of nitrogens with zero attached hydrogens (tertiary/aromatic N) is 1.